The average Bonchev–Trinajstić information content (AvgIpc) is 3.14. The van der Waals surface area contributed by atoms with Crippen molar-refractivity contribution >= 4 is 28.8 Å². The molecular formula is C26H30ClN3OS. The van der Waals surface area contributed by atoms with Gasteiger partial charge >= 0.3 is 0 Å². The summed E-state index contributed by atoms with van der Waals surface area (Å²) in [4.78, 5) is 21.6. The van der Waals surface area contributed by atoms with Crippen LogP contribution >= 0.6 is 22.9 Å². The first-order valence-corrected chi connectivity index (χ1v) is 12.2. The van der Waals surface area contributed by atoms with Crippen LogP contribution in [0.1, 0.15) is 54.5 Å². The number of aryl methyl sites for hydroxylation is 1. The third kappa shape index (κ3) is 4.75. The highest BCUT2D eigenvalue weighted by molar-refractivity contribution is 7.16. The van der Waals surface area contributed by atoms with E-state index in [1.165, 1.54) is 10.4 Å². The number of benzene rings is 1. The highest BCUT2D eigenvalue weighted by Gasteiger charge is 2.23. The number of pyridine rings is 1. The number of amides is 1. The Balaban J connectivity index is 1.62. The van der Waals surface area contributed by atoms with Crippen molar-refractivity contribution in [3.8, 4) is 21.6 Å². The summed E-state index contributed by atoms with van der Waals surface area (Å²) in [6.45, 7) is 10.0. The van der Waals surface area contributed by atoms with Crippen LogP contribution in [0, 0.1) is 6.92 Å². The minimum absolute atomic E-state index is 0.00291. The SMILES string of the molecule is Cc1sc(-c2ccc(C(=O)N3CCC[C@@H](N)C3)cc2Cl)cc1-c1ccnc(C(C)(C)C)c1. The van der Waals surface area contributed by atoms with Crippen LogP contribution in [0.4, 0.5) is 0 Å². The first-order chi connectivity index (χ1) is 15.1. The Morgan fingerprint density at radius 2 is 1.97 bits per heavy atom. The fourth-order valence-corrected chi connectivity index (χ4v) is 5.55. The normalized spacial score (nSPS) is 16.9. The van der Waals surface area contributed by atoms with Gasteiger partial charge in [-0.05, 0) is 61.2 Å². The molecule has 1 amide bonds. The highest BCUT2D eigenvalue weighted by atomic mass is 35.5. The van der Waals surface area contributed by atoms with Crippen molar-refractivity contribution in [1.29, 1.82) is 0 Å². The lowest BCUT2D eigenvalue weighted by atomic mass is 9.90. The van der Waals surface area contributed by atoms with E-state index in [4.69, 9.17) is 17.3 Å². The third-order valence-electron chi connectivity index (χ3n) is 5.98. The molecule has 0 saturated carbocycles. The largest absolute Gasteiger partial charge is 0.337 e. The van der Waals surface area contributed by atoms with E-state index in [-0.39, 0.29) is 17.4 Å². The second kappa shape index (κ2) is 8.97. The molecule has 2 N–H and O–H groups in total. The first kappa shape index (κ1) is 23.0. The van der Waals surface area contributed by atoms with Gasteiger partial charge in [-0.3, -0.25) is 9.78 Å². The van der Waals surface area contributed by atoms with Crippen LogP contribution < -0.4 is 5.73 Å². The maximum Gasteiger partial charge on any atom is 0.253 e. The van der Waals surface area contributed by atoms with E-state index in [9.17, 15) is 4.79 Å². The van der Waals surface area contributed by atoms with Crippen LogP contribution in [0.3, 0.4) is 0 Å². The summed E-state index contributed by atoms with van der Waals surface area (Å²) in [6.07, 6.45) is 3.80. The Kier molecular flexibility index (Phi) is 6.44. The van der Waals surface area contributed by atoms with Gasteiger partial charge in [-0.25, -0.2) is 0 Å². The Labute approximate surface area is 199 Å². The van der Waals surface area contributed by atoms with Crippen LogP contribution in [0.25, 0.3) is 21.6 Å². The number of likely N-dealkylation sites (tertiary alicyclic amines) is 1. The third-order valence-corrected chi connectivity index (χ3v) is 7.38. The smallest absolute Gasteiger partial charge is 0.253 e. The number of halogens is 1. The zero-order chi connectivity index (χ0) is 23.0. The number of rotatable bonds is 3. The van der Waals surface area contributed by atoms with Gasteiger partial charge in [0.1, 0.15) is 0 Å². The van der Waals surface area contributed by atoms with Crippen LogP contribution in [0.15, 0.2) is 42.6 Å². The van der Waals surface area contributed by atoms with Gasteiger partial charge in [0.15, 0.2) is 0 Å². The fourth-order valence-electron chi connectivity index (χ4n) is 4.13. The van der Waals surface area contributed by atoms with Crippen molar-refractivity contribution in [2.75, 3.05) is 13.1 Å². The summed E-state index contributed by atoms with van der Waals surface area (Å²) in [5, 5.41) is 0.593. The molecule has 1 aromatic carbocycles. The van der Waals surface area contributed by atoms with Crippen LogP contribution in [-0.2, 0) is 5.41 Å². The Morgan fingerprint density at radius 3 is 2.66 bits per heavy atom. The van der Waals surface area contributed by atoms with Crippen molar-refractivity contribution < 1.29 is 4.79 Å². The molecule has 3 heterocycles. The predicted molar refractivity (Wildman–Crippen MR) is 135 cm³/mol. The number of nitrogens with two attached hydrogens (primary N) is 1. The average molecular weight is 468 g/mol. The lowest BCUT2D eigenvalue weighted by Gasteiger charge is -2.30. The molecule has 3 aromatic rings. The fraction of sp³-hybridized carbons (Fsp3) is 0.385. The van der Waals surface area contributed by atoms with Crippen molar-refractivity contribution in [2.24, 2.45) is 5.73 Å². The van der Waals surface area contributed by atoms with Crippen molar-refractivity contribution in [3.63, 3.8) is 0 Å². The minimum atomic E-state index is -0.00722. The lowest BCUT2D eigenvalue weighted by Crippen LogP contribution is -2.45. The summed E-state index contributed by atoms with van der Waals surface area (Å²) in [5.41, 5.74) is 11.0. The number of nitrogens with zero attached hydrogens (tertiary/aromatic N) is 2. The molecule has 0 unspecified atom stereocenters. The van der Waals surface area contributed by atoms with E-state index >= 15 is 0 Å². The second-order valence-corrected chi connectivity index (χ2v) is 11.3. The molecule has 2 aromatic heterocycles. The molecule has 0 radical (unpaired) electrons. The quantitative estimate of drug-likeness (QED) is 0.491. The van der Waals surface area contributed by atoms with E-state index in [1.54, 1.807) is 17.4 Å². The molecule has 4 nitrogen and oxygen atoms in total. The molecule has 6 heteroatoms. The molecule has 0 spiro atoms. The molecule has 168 valence electrons. The molecular weight excluding hydrogens is 438 g/mol. The molecule has 0 bridgehead atoms. The highest BCUT2D eigenvalue weighted by Crippen LogP contribution is 2.40. The number of thiophene rings is 1. The van der Waals surface area contributed by atoms with E-state index in [0.29, 0.717) is 17.1 Å². The number of carbonyl (C=O) groups is 1. The summed E-state index contributed by atoms with van der Waals surface area (Å²) < 4.78 is 0. The van der Waals surface area contributed by atoms with Gasteiger partial charge in [0.05, 0.1) is 5.02 Å². The molecule has 4 rings (SSSR count). The monoisotopic (exact) mass is 467 g/mol. The maximum atomic E-state index is 12.9. The number of aromatic nitrogens is 1. The topological polar surface area (TPSA) is 59.2 Å². The summed E-state index contributed by atoms with van der Waals surface area (Å²) >= 11 is 8.39. The molecule has 1 atom stereocenters. The zero-order valence-electron chi connectivity index (χ0n) is 19.1. The molecule has 1 aliphatic heterocycles. The summed E-state index contributed by atoms with van der Waals surface area (Å²) in [7, 11) is 0. The van der Waals surface area contributed by atoms with Gasteiger partial charge in [-0.1, -0.05) is 38.4 Å². The van der Waals surface area contributed by atoms with Crippen molar-refractivity contribution in [2.45, 2.75) is 52.0 Å². The van der Waals surface area contributed by atoms with E-state index < -0.39 is 0 Å². The second-order valence-electron chi connectivity index (χ2n) is 9.61. The molecule has 1 aliphatic rings. The predicted octanol–water partition coefficient (Wildman–Crippen LogP) is 6.30. The molecule has 1 fully saturated rings. The zero-order valence-corrected chi connectivity index (χ0v) is 20.7. The Bertz CT molecular complexity index is 1150. The van der Waals surface area contributed by atoms with Crippen LogP contribution in [0.2, 0.25) is 5.02 Å². The van der Waals surface area contributed by atoms with Crippen molar-refractivity contribution in [3.05, 3.63) is 63.8 Å². The summed E-state index contributed by atoms with van der Waals surface area (Å²) in [6, 6.07) is 12.1. The maximum absolute atomic E-state index is 12.9. The van der Waals surface area contributed by atoms with Gasteiger partial charge in [-0.2, -0.15) is 0 Å². The van der Waals surface area contributed by atoms with E-state index in [1.807, 2.05) is 23.2 Å². The van der Waals surface area contributed by atoms with Gasteiger partial charge < -0.3 is 10.6 Å². The van der Waals surface area contributed by atoms with Gasteiger partial charge in [0.25, 0.3) is 5.91 Å². The first-order valence-electron chi connectivity index (χ1n) is 11.1. The van der Waals surface area contributed by atoms with E-state index in [0.717, 1.165) is 41.1 Å². The Hall–Kier alpha value is -2.21. The number of hydrogen-bond acceptors (Lipinski definition) is 4. The number of carbonyl (C=O) groups excluding carboxylic acids is 1. The number of piperidine rings is 1. The summed E-state index contributed by atoms with van der Waals surface area (Å²) in [5.74, 6) is 0.00291. The number of hydrogen-bond donors (Lipinski definition) is 1. The van der Waals surface area contributed by atoms with Gasteiger partial charge in [0, 0.05) is 57.3 Å². The van der Waals surface area contributed by atoms with Crippen LogP contribution in [0.5, 0.6) is 0 Å². The van der Waals surface area contributed by atoms with Crippen molar-refractivity contribution in [1.82, 2.24) is 9.88 Å². The standard InChI is InChI=1S/C26H30ClN3OS/c1-16-21(17-9-10-29-24(13-17)26(2,3)4)14-23(32-16)20-8-7-18(12-22(20)27)25(31)30-11-5-6-19(28)15-30/h7-10,12-14,19H,5-6,11,15,28H2,1-4H3/t19-/m1/s1. The molecule has 0 aliphatic carbocycles. The van der Waals surface area contributed by atoms with E-state index in [2.05, 4.69) is 50.9 Å². The molecule has 1 saturated heterocycles. The van der Waals surface area contributed by atoms with Gasteiger partial charge in [-0.15, -0.1) is 11.3 Å². The molecule has 32 heavy (non-hydrogen) atoms. The lowest BCUT2D eigenvalue weighted by molar-refractivity contribution is 0.0709. The van der Waals surface area contributed by atoms with Gasteiger partial charge in [0.2, 0.25) is 0 Å². The minimum Gasteiger partial charge on any atom is -0.337 e. The Morgan fingerprint density at radius 1 is 1.19 bits per heavy atom. The van der Waals surface area contributed by atoms with Crippen LogP contribution in [-0.4, -0.2) is 34.9 Å².